The van der Waals surface area contributed by atoms with E-state index in [1.54, 1.807) is 0 Å². The van der Waals surface area contributed by atoms with Crippen LogP contribution in [0.2, 0.25) is 0 Å². The van der Waals surface area contributed by atoms with Gasteiger partial charge in [-0.15, -0.1) is 0 Å². The van der Waals surface area contributed by atoms with E-state index >= 15 is 0 Å². The maximum Gasteiger partial charge on any atom is 0.249 e. The standard InChI is InChI=1S/C38H73NO5/c1-3-5-7-9-11-13-15-17-18-19-20-22-24-26-28-30-32-36(42)38(44)39-34(33-40)37(43)35(41)31-29-27-25-23-21-16-14-12-10-8-6-4-2/h17-18,23,25,34-37,40-43H,3-16,19-22,24,26-33H2,1-2H3,(H,39,44)/b18-17-,25-23+. The summed E-state index contributed by atoms with van der Waals surface area (Å²) in [5, 5.41) is 43.4. The van der Waals surface area contributed by atoms with Crippen LogP contribution in [0.5, 0.6) is 0 Å². The topological polar surface area (TPSA) is 110 Å². The Morgan fingerprint density at radius 2 is 0.932 bits per heavy atom. The van der Waals surface area contributed by atoms with E-state index in [1.165, 1.54) is 109 Å². The second-order valence-electron chi connectivity index (χ2n) is 12.9. The molecule has 0 rings (SSSR count). The average Bonchev–Trinajstić information content (AvgIpc) is 3.03. The minimum absolute atomic E-state index is 0.356. The van der Waals surface area contributed by atoms with Crippen molar-refractivity contribution >= 4 is 5.91 Å². The lowest BCUT2D eigenvalue weighted by molar-refractivity contribution is -0.132. The van der Waals surface area contributed by atoms with Crippen LogP contribution in [0.4, 0.5) is 0 Å². The third-order valence-electron chi connectivity index (χ3n) is 8.63. The number of aliphatic hydroxyl groups excluding tert-OH is 4. The fourth-order valence-corrected chi connectivity index (χ4v) is 5.57. The van der Waals surface area contributed by atoms with Crippen molar-refractivity contribution in [2.75, 3.05) is 6.61 Å². The van der Waals surface area contributed by atoms with E-state index in [-0.39, 0.29) is 0 Å². The number of rotatable bonds is 33. The van der Waals surface area contributed by atoms with Crippen LogP contribution in [0.25, 0.3) is 0 Å². The summed E-state index contributed by atoms with van der Waals surface area (Å²) >= 11 is 0. The van der Waals surface area contributed by atoms with Crippen molar-refractivity contribution in [1.82, 2.24) is 5.32 Å². The Hall–Kier alpha value is -1.21. The number of nitrogens with one attached hydrogen (secondary N) is 1. The van der Waals surface area contributed by atoms with E-state index < -0.39 is 36.9 Å². The molecule has 0 fully saturated rings. The van der Waals surface area contributed by atoms with Crippen LogP contribution in [0.15, 0.2) is 24.3 Å². The van der Waals surface area contributed by atoms with E-state index in [4.69, 9.17) is 0 Å². The van der Waals surface area contributed by atoms with Gasteiger partial charge in [0.25, 0.3) is 0 Å². The van der Waals surface area contributed by atoms with Gasteiger partial charge in [0.2, 0.25) is 5.91 Å². The highest BCUT2D eigenvalue weighted by atomic mass is 16.3. The molecule has 4 unspecified atom stereocenters. The predicted molar refractivity (Wildman–Crippen MR) is 187 cm³/mol. The Balaban J connectivity index is 3.86. The number of hydrogen-bond acceptors (Lipinski definition) is 5. The first-order valence-electron chi connectivity index (χ1n) is 18.7. The lowest BCUT2D eigenvalue weighted by Gasteiger charge is -2.27. The Kier molecular flexibility index (Phi) is 32.2. The maximum atomic E-state index is 12.4. The van der Waals surface area contributed by atoms with Crippen molar-refractivity contribution in [2.24, 2.45) is 0 Å². The van der Waals surface area contributed by atoms with Crippen LogP contribution in [-0.4, -0.2) is 57.3 Å². The average molecular weight is 624 g/mol. The van der Waals surface area contributed by atoms with Gasteiger partial charge in [0.05, 0.1) is 18.8 Å². The molecule has 0 aliphatic heterocycles. The van der Waals surface area contributed by atoms with E-state index in [0.717, 1.165) is 44.9 Å². The fourth-order valence-electron chi connectivity index (χ4n) is 5.57. The molecule has 0 aliphatic carbocycles. The number of unbranched alkanes of at least 4 members (excludes halogenated alkanes) is 20. The summed E-state index contributed by atoms with van der Waals surface area (Å²) in [4.78, 5) is 12.4. The van der Waals surface area contributed by atoms with Gasteiger partial charge in [-0.3, -0.25) is 4.79 Å². The molecule has 0 spiro atoms. The normalized spacial score (nSPS) is 14.8. The molecule has 0 heterocycles. The number of carbonyl (C=O) groups excluding carboxylic acids is 1. The summed E-state index contributed by atoms with van der Waals surface area (Å²) in [6.07, 6.45) is 34.8. The zero-order chi connectivity index (χ0) is 32.5. The van der Waals surface area contributed by atoms with Crippen molar-refractivity contribution < 1.29 is 25.2 Å². The molecular weight excluding hydrogens is 550 g/mol. The van der Waals surface area contributed by atoms with E-state index in [1.807, 2.05) is 0 Å². The molecule has 0 saturated heterocycles. The van der Waals surface area contributed by atoms with Gasteiger partial charge in [0.1, 0.15) is 12.2 Å². The minimum atomic E-state index is -1.28. The highest BCUT2D eigenvalue weighted by Gasteiger charge is 2.28. The van der Waals surface area contributed by atoms with Gasteiger partial charge in [-0.1, -0.05) is 141 Å². The van der Waals surface area contributed by atoms with Crippen LogP contribution in [0.3, 0.4) is 0 Å². The van der Waals surface area contributed by atoms with Gasteiger partial charge >= 0.3 is 0 Å². The number of aliphatic hydroxyl groups is 4. The first kappa shape index (κ1) is 42.8. The van der Waals surface area contributed by atoms with Crippen LogP contribution < -0.4 is 5.32 Å². The monoisotopic (exact) mass is 624 g/mol. The molecule has 0 saturated carbocycles. The van der Waals surface area contributed by atoms with E-state index in [9.17, 15) is 25.2 Å². The van der Waals surface area contributed by atoms with Crippen molar-refractivity contribution in [2.45, 2.75) is 205 Å². The van der Waals surface area contributed by atoms with Crippen molar-refractivity contribution in [1.29, 1.82) is 0 Å². The second-order valence-corrected chi connectivity index (χ2v) is 12.9. The summed E-state index contributed by atoms with van der Waals surface area (Å²) < 4.78 is 0. The molecule has 0 aromatic rings. The first-order valence-corrected chi connectivity index (χ1v) is 18.7. The Morgan fingerprint density at radius 1 is 0.545 bits per heavy atom. The SMILES string of the molecule is CCCCCCCC/C=C\CCCCCCCCC(O)C(=O)NC(CO)C(O)C(O)CCC/C=C/CCCCCCCCC. The highest BCUT2D eigenvalue weighted by molar-refractivity contribution is 5.80. The highest BCUT2D eigenvalue weighted by Crippen LogP contribution is 2.14. The molecule has 5 N–H and O–H groups in total. The van der Waals surface area contributed by atoms with Gasteiger partial charge in [0.15, 0.2) is 0 Å². The van der Waals surface area contributed by atoms with Crippen molar-refractivity contribution in [3.05, 3.63) is 24.3 Å². The lowest BCUT2D eigenvalue weighted by atomic mass is 10.00. The molecular formula is C38H73NO5. The smallest absolute Gasteiger partial charge is 0.249 e. The number of amides is 1. The largest absolute Gasteiger partial charge is 0.394 e. The zero-order valence-corrected chi connectivity index (χ0v) is 28.9. The summed E-state index contributed by atoms with van der Waals surface area (Å²) in [7, 11) is 0. The second kappa shape index (κ2) is 33.2. The van der Waals surface area contributed by atoms with Gasteiger partial charge in [-0.2, -0.15) is 0 Å². The minimum Gasteiger partial charge on any atom is -0.394 e. The number of carbonyl (C=O) groups is 1. The third-order valence-corrected chi connectivity index (χ3v) is 8.63. The van der Waals surface area contributed by atoms with Crippen LogP contribution in [-0.2, 0) is 4.79 Å². The molecule has 0 aliphatic rings. The van der Waals surface area contributed by atoms with Gasteiger partial charge in [-0.05, 0) is 64.2 Å². The molecule has 0 aromatic heterocycles. The number of hydrogen-bond donors (Lipinski definition) is 5. The molecule has 6 nitrogen and oxygen atoms in total. The fraction of sp³-hybridized carbons (Fsp3) is 0.868. The first-order chi connectivity index (χ1) is 21.5. The van der Waals surface area contributed by atoms with Gasteiger partial charge in [-0.25, -0.2) is 0 Å². The van der Waals surface area contributed by atoms with Crippen LogP contribution >= 0.6 is 0 Å². The molecule has 6 heteroatoms. The molecule has 0 bridgehead atoms. The third kappa shape index (κ3) is 27.1. The Bertz CT molecular complexity index is 668. The molecule has 0 aromatic carbocycles. The molecule has 4 atom stereocenters. The van der Waals surface area contributed by atoms with E-state index in [2.05, 4.69) is 43.5 Å². The summed E-state index contributed by atoms with van der Waals surface area (Å²) in [5.41, 5.74) is 0. The van der Waals surface area contributed by atoms with Gasteiger partial charge in [0, 0.05) is 0 Å². The van der Waals surface area contributed by atoms with Crippen molar-refractivity contribution in [3.8, 4) is 0 Å². The predicted octanol–water partition coefficient (Wildman–Crippen LogP) is 8.84. The zero-order valence-electron chi connectivity index (χ0n) is 28.9. The molecule has 260 valence electrons. The summed E-state index contributed by atoms with van der Waals surface area (Å²) in [6.45, 7) is 4.00. The molecule has 44 heavy (non-hydrogen) atoms. The van der Waals surface area contributed by atoms with E-state index in [0.29, 0.717) is 12.8 Å². The molecule has 1 amide bonds. The van der Waals surface area contributed by atoms with Gasteiger partial charge < -0.3 is 25.7 Å². The lowest BCUT2D eigenvalue weighted by Crippen LogP contribution is -2.53. The Labute approximate surface area is 272 Å². The number of allylic oxidation sites excluding steroid dienone is 4. The van der Waals surface area contributed by atoms with Crippen LogP contribution in [0.1, 0.15) is 181 Å². The quantitative estimate of drug-likeness (QED) is 0.0371. The van der Waals surface area contributed by atoms with Crippen LogP contribution in [0, 0.1) is 0 Å². The summed E-state index contributed by atoms with van der Waals surface area (Å²) in [5.74, 6) is -0.601. The Morgan fingerprint density at radius 3 is 1.36 bits per heavy atom. The summed E-state index contributed by atoms with van der Waals surface area (Å²) in [6, 6.07) is -1.00. The maximum absolute atomic E-state index is 12.4. The molecule has 0 radical (unpaired) electrons. The van der Waals surface area contributed by atoms with Crippen molar-refractivity contribution in [3.63, 3.8) is 0 Å².